The summed E-state index contributed by atoms with van der Waals surface area (Å²) in [6.45, 7) is 0. The summed E-state index contributed by atoms with van der Waals surface area (Å²) in [7, 11) is 2.89. The molecule has 2 aromatic carbocycles. The number of carbonyl (C=O) groups is 1. The number of carbonyl (C=O) groups excluding carboxylic acids is 1. The molecule has 1 aliphatic rings. The van der Waals surface area contributed by atoms with Crippen LogP contribution in [0.4, 0.5) is 4.39 Å². The predicted molar refractivity (Wildman–Crippen MR) is 114 cm³/mol. The maximum absolute atomic E-state index is 13.8. The van der Waals surface area contributed by atoms with Gasteiger partial charge in [0.1, 0.15) is 11.6 Å². The smallest absolute Gasteiger partial charge is 0.232 e. The normalized spacial score (nSPS) is 13.6. The number of phenols is 1. The molecule has 0 spiro atoms. The van der Waals surface area contributed by atoms with E-state index in [0.717, 1.165) is 5.56 Å². The van der Waals surface area contributed by atoms with E-state index in [0.29, 0.717) is 28.2 Å². The zero-order valence-electron chi connectivity index (χ0n) is 16.9. The van der Waals surface area contributed by atoms with Gasteiger partial charge < -0.3 is 24.3 Å². The van der Waals surface area contributed by atoms with Crippen molar-refractivity contribution in [2.24, 2.45) is 0 Å². The van der Waals surface area contributed by atoms with E-state index in [1.165, 1.54) is 32.6 Å². The number of hydrogen-bond donors (Lipinski definition) is 2. The highest BCUT2D eigenvalue weighted by molar-refractivity contribution is 6.03. The van der Waals surface area contributed by atoms with Crippen molar-refractivity contribution in [3.63, 3.8) is 0 Å². The highest BCUT2D eigenvalue weighted by atomic mass is 19.1. The number of rotatable bonds is 6. The number of halogens is 1. The summed E-state index contributed by atoms with van der Waals surface area (Å²) in [5.41, 5.74) is 3.31. The second kappa shape index (κ2) is 8.39. The van der Waals surface area contributed by atoms with Gasteiger partial charge in [0.15, 0.2) is 11.5 Å². The lowest BCUT2D eigenvalue weighted by Crippen LogP contribution is -2.24. The van der Waals surface area contributed by atoms with Crippen molar-refractivity contribution in [3.8, 4) is 17.2 Å². The van der Waals surface area contributed by atoms with Gasteiger partial charge >= 0.3 is 0 Å². The number of aromatic hydroxyl groups is 1. The molecule has 3 aromatic rings. The zero-order chi connectivity index (χ0) is 22.0. The molecule has 6 nitrogen and oxygen atoms in total. The SMILES string of the molecule is COc1cc(/C=C2/C(NC(=O)Cc3ccco3)=Cc3cc(F)ccc32)cc(OC)c1O. The van der Waals surface area contributed by atoms with Crippen molar-refractivity contribution in [2.75, 3.05) is 14.2 Å². The number of allylic oxidation sites excluding steroid dienone is 1. The molecule has 0 radical (unpaired) electrons. The van der Waals surface area contributed by atoms with Gasteiger partial charge in [-0.2, -0.15) is 0 Å². The number of fused-ring (bicyclic) bond motifs is 1. The van der Waals surface area contributed by atoms with Gasteiger partial charge in [-0.15, -0.1) is 0 Å². The molecule has 0 aliphatic heterocycles. The fourth-order valence-electron chi connectivity index (χ4n) is 3.47. The fourth-order valence-corrected chi connectivity index (χ4v) is 3.47. The summed E-state index contributed by atoms with van der Waals surface area (Å²) in [5.74, 6) is 0.292. The molecular formula is C24H20FNO5. The van der Waals surface area contributed by atoms with Crippen molar-refractivity contribution >= 4 is 23.6 Å². The number of hydrogen-bond acceptors (Lipinski definition) is 5. The molecule has 1 amide bonds. The van der Waals surface area contributed by atoms with Crippen molar-refractivity contribution in [2.45, 2.75) is 6.42 Å². The van der Waals surface area contributed by atoms with Crippen molar-refractivity contribution < 1.29 is 28.2 Å². The molecule has 0 atom stereocenters. The van der Waals surface area contributed by atoms with Crippen LogP contribution < -0.4 is 14.8 Å². The number of ether oxygens (including phenoxy) is 2. The van der Waals surface area contributed by atoms with Crippen LogP contribution in [0.25, 0.3) is 17.7 Å². The molecule has 1 heterocycles. The van der Waals surface area contributed by atoms with E-state index < -0.39 is 0 Å². The van der Waals surface area contributed by atoms with E-state index in [9.17, 15) is 14.3 Å². The Bertz CT molecular complexity index is 1170. The Balaban J connectivity index is 1.73. The maximum Gasteiger partial charge on any atom is 0.232 e. The van der Waals surface area contributed by atoms with Crippen LogP contribution in [0.15, 0.2) is 58.8 Å². The van der Waals surface area contributed by atoms with Crippen molar-refractivity contribution in [1.82, 2.24) is 5.32 Å². The van der Waals surface area contributed by atoms with Crippen LogP contribution in [0.2, 0.25) is 0 Å². The highest BCUT2D eigenvalue weighted by Crippen LogP contribution is 2.40. The second-order valence-electron chi connectivity index (χ2n) is 6.93. The Morgan fingerprint density at radius 3 is 2.55 bits per heavy atom. The van der Waals surface area contributed by atoms with Gasteiger partial charge in [0.25, 0.3) is 0 Å². The van der Waals surface area contributed by atoms with Crippen LogP contribution in [0.5, 0.6) is 17.2 Å². The average molecular weight is 421 g/mol. The Morgan fingerprint density at radius 2 is 1.90 bits per heavy atom. The van der Waals surface area contributed by atoms with Crippen LogP contribution in [0, 0.1) is 5.82 Å². The van der Waals surface area contributed by atoms with Gasteiger partial charge in [-0.3, -0.25) is 4.79 Å². The largest absolute Gasteiger partial charge is 0.502 e. The first kappa shape index (κ1) is 20.3. The zero-order valence-corrected chi connectivity index (χ0v) is 16.9. The number of furan rings is 1. The summed E-state index contributed by atoms with van der Waals surface area (Å²) in [6, 6.07) is 11.2. The molecule has 7 heteroatoms. The summed E-state index contributed by atoms with van der Waals surface area (Å²) < 4.78 is 29.5. The predicted octanol–water partition coefficient (Wildman–Crippen LogP) is 4.40. The fraction of sp³-hybridized carbons (Fsp3) is 0.125. The van der Waals surface area contributed by atoms with E-state index in [1.807, 2.05) is 6.08 Å². The molecule has 1 aliphatic carbocycles. The van der Waals surface area contributed by atoms with Gasteiger partial charge in [-0.25, -0.2) is 4.39 Å². The quantitative estimate of drug-likeness (QED) is 0.617. The third-order valence-corrected chi connectivity index (χ3v) is 4.90. The molecule has 158 valence electrons. The minimum Gasteiger partial charge on any atom is -0.502 e. The van der Waals surface area contributed by atoms with E-state index in [-0.39, 0.29) is 35.4 Å². The molecule has 0 saturated heterocycles. The molecule has 0 unspecified atom stereocenters. The molecule has 0 bridgehead atoms. The van der Waals surface area contributed by atoms with E-state index in [2.05, 4.69) is 5.32 Å². The average Bonchev–Trinajstić information content (AvgIpc) is 3.36. The van der Waals surface area contributed by atoms with Crippen LogP contribution >= 0.6 is 0 Å². The number of nitrogens with one attached hydrogen (secondary N) is 1. The Kier molecular flexibility index (Phi) is 5.49. The van der Waals surface area contributed by atoms with Crippen LogP contribution in [-0.4, -0.2) is 25.2 Å². The number of benzene rings is 2. The van der Waals surface area contributed by atoms with Crippen LogP contribution in [-0.2, 0) is 11.2 Å². The first-order valence-electron chi connectivity index (χ1n) is 9.49. The summed E-state index contributed by atoms with van der Waals surface area (Å²) in [4.78, 5) is 12.5. The summed E-state index contributed by atoms with van der Waals surface area (Å²) in [6.07, 6.45) is 5.11. The minimum atomic E-state index is -0.370. The first-order chi connectivity index (χ1) is 15.0. The maximum atomic E-state index is 13.8. The standard InChI is InChI=1S/C24H20FNO5/c1-29-21-9-14(10-22(30-2)24(21)28)8-19-18-6-5-16(25)11-15(18)12-20(19)26-23(27)13-17-4-3-7-31-17/h3-12,28H,13H2,1-2H3,(H,26,27)/b19-8+. The Hall–Kier alpha value is -4.00. The van der Waals surface area contributed by atoms with Crippen molar-refractivity contribution in [3.05, 3.63) is 82.7 Å². The van der Waals surface area contributed by atoms with Gasteiger partial charge in [-0.1, -0.05) is 6.07 Å². The van der Waals surface area contributed by atoms with E-state index >= 15 is 0 Å². The molecular weight excluding hydrogens is 401 g/mol. The van der Waals surface area contributed by atoms with Gasteiger partial charge in [0, 0.05) is 11.3 Å². The van der Waals surface area contributed by atoms with E-state index in [4.69, 9.17) is 13.9 Å². The van der Waals surface area contributed by atoms with Crippen LogP contribution in [0.1, 0.15) is 22.5 Å². The number of methoxy groups -OCH3 is 2. The van der Waals surface area contributed by atoms with Gasteiger partial charge in [0.2, 0.25) is 11.7 Å². The highest BCUT2D eigenvalue weighted by Gasteiger charge is 2.22. The van der Waals surface area contributed by atoms with Crippen molar-refractivity contribution in [1.29, 1.82) is 0 Å². The van der Waals surface area contributed by atoms with Gasteiger partial charge in [-0.05, 0) is 65.2 Å². The third-order valence-electron chi connectivity index (χ3n) is 4.90. The summed E-state index contributed by atoms with van der Waals surface area (Å²) >= 11 is 0. The Morgan fingerprint density at radius 1 is 1.16 bits per heavy atom. The monoisotopic (exact) mass is 421 g/mol. The molecule has 2 N–H and O–H groups in total. The van der Waals surface area contributed by atoms with Crippen LogP contribution in [0.3, 0.4) is 0 Å². The van der Waals surface area contributed by atoms with E-state index in [1.54, 1.807) is 36.4 Å². The molecule has 0 saturated carbocycles. The molecule has 1 aromatic heterocycles. The second-order valence-corrected chi connectivity index (χ2v) is 6.93. The number of phenolic OH excluding ortho intramolecular Hbond substituents is 1. The topological polar surface area (TPSA) is 80.9 Å². The first-order valence-corrected chi connectivity index (χ1v) is 9.49. The summed E-state index contributed by atoms with van der Waals surface area (Å²) in [5, 5.41) is 13.0. The molecule has 0 fully saturated rings. The lowest BCUT2D eigenvalue weighted by atomic mass is 10.0. The third kappa shape index (κ3) is 4.16. The van der Waals surface area contributed by atoms with Gasteiger partial charge in [0.05, 0.1) is 26.9 Å². The lowest BCUT2D eigenvalue weighted by Gasteiger charge is -2.12. The lowest BCUT2D eigenvalue weighted by molar-refractivity contribution is -0.119. The Labute approximate surface area is 178 Å². The molecule has 31 heavy (non-hydrogen) atoms. The minimum absolute atomic E-state index is 0.0726. The number of amides is 1. The molecule has 4 rings (SSSR count).